The second kappa shape index (κ2) is 6.20. The maximum Gasteiger partial charge on any atom is 0.227 e. The first kappa shape index (κ1) is 13.4. The summed E-state index contributed by atoms with van der Waals surface area (Å²) in [7, 11) is 1.78. The van der Waals surface area contributed by atoms with Gasteiger partial charge in [0, 0.05) is 32.1 Å². The minimum absolute atomic E-state index is 0.0607. The zero-order valence-electron chi connectivity index (χ0n) is 11.0. The topological polar surface area (TPSA) is 59.5 Å². The highest BCUT2D eigenvalue weighted by molar-refractivity contribution is 5.92. The van der Waals surface area contributed by atoms with Crippen molar-refractivity contribution in [3.63, 3.8) is 0 Å². The van der Waals surface area contributed by atoms with Gasteiger partial charge in [-0.15, -0.1) is 0 Å². The highest BCUT2D eigenvalue weighted by atomic mass is 16.3. The molecule has 0 radical (unpaired) electrons. The third-order valence-corrected chi connectivity index (χ3v) is 3.07. The van der Waals surface area contributed by atoms with E-state index in [2.05, 4.69) is 0 Å². The summed E-state index contributed by atoms with van der Waals surface area (Å²) in [6, 6.07) is 11.4. The van der Waals surface area contributed by atoms with Gasteiger partial charge in [0.15, 0.2) is 0 Å². The van der Waals surface area contributed by atoms with Crippen LogP contribution in [0.4, 0.5) is 5.69 Å². The molecule has 2 rings (SSSR count). The number of nitrogens with two attached hydrogens (primary N) is 1. The van der Waals surface area contributed by atoms with E-state index in [0.29, 0.717) is 19.4 Å². The summed E-state index contributed by atoms with van der Waals surface area (Å²) in [4.78, 5) is 13.7. The molecule has 0 bridgehead atoms. The summed E-state index contributed by atoms with van der Waals surface area (Å²) in [6.45, 7) is 0.474. The fourth-order valence-electron chi connectivity index (χ4n) is 1.89. The molecule has 2 aromatic rings. The van der Waals surface area contributed by atoms with Crippen molar-refractivity contribution in [3.8, 4) is 0 Å². The summed E-state index contributed by atoms with van der Waals surface area (Å²) < 4.78 is 5.22. The molecule has 19 heavy (non-hydrogen) atoms. The molecule has 0 saturated heterocycles. The average Bonchev–Trinajstić information content (AvgIpc) is 2.97. The number of nitrogens with zero attached hydrogens (tertiary/aromatic N) is 1. The molecule has 1 aromatic heterocycles. The first-order chi connectivity index (χ1) is 9.20. The maximum atomic E-state index is 12.1. The van der Waals surface area contributed by atoms with Crippen LogP contribution in [0.5, 0.6) is 0 Å². The number of aryl methyl sites for hydroxylation is 1. The quantitative estimate of drug-likeness (QED) is 0.895. The Morgan fingerprint density at radius 2 is 2.16 bits per heavy atom. The molecular weight excluding hydrogens is 240 g/mol. The molecule has 0 aliphatic rings. The lowest BCUT2D eigenvalue weighted by Crippen LogP contribution is -2.26. The molecule has 0 unspecified atom stereocenters. The van der Waals surface area contributed by atoms with Crippen LogP contribution in [-0.4, -0.2) is 13.0 Å². The average molecular weight is 258 g/mol. The molecule has 0 aliphatic carbocycles. The van der Waals surface area contributed by atoms with Gasteiger partial charge in [0.1, 0.15) is 5.76 Å². The predicted octanol–water partition coefficient (Wildman–Crippen LogP) is 2.33. The van der Waals surface area contributed by atoms with Crippen molar-refractivity contribution in [3.05, 3.63) is 54.0 Å². The van der Waals surface area contributed by atoms with Gasteiger partial charge in [-0.25, -0.2) is 0 Å². The third kappa shape index (κ3) is 3.45. The highest BCUT2D eigenvalue weighted by Crippen LogP contribution is 2.16. The zero-order chi connectivity index (χ0) is 13.7. The molecule has 1 heterocycles. The summed E-state index contributed by atoms with van der Waals surface area (Å²) >= 11 is 0. The lowest BCUT2D eigenvalue weighted by Gasteiger charge is -2.17. The van der Waals surface area contributed by atoms with Gasteiger partial charge < -0.3 is 15.1 Å². The molecule has 0 saturated carbocycles. The molecule has 0 spiro atoms. The zero-order valence-corrected chi connectivity index (χ0v) is 11.0. The van der Waals surface area contributed by atoms with Crippen LogP contribution in [0, 0.1) is 0 Å². The molecule has 100 valence electrons. The van der Waals surface area contributed by atoms with E-state index in [-0.39, 0.29) is 5.91 Å². The molecule has 4 nitrogen and oxygen atoms in total. The van der Waals surface area contributed by atoms with Gasteiger partial charge in [-0.1, -0.05) is 12.1 Å². The Morgan fingerprint density at radius 3 is 2.84 bits per heavy atom. The van der Waals surface area contributed by atoms with E-state index < -0.39 is 0 Å². The molecule has 0 fully saturated rings. The van der Waals surface area contributed by atoms with E-state index in [1.807, 2.05) is 36.4 Å². The van der Waals surface area contributed by atoms with Crippen molar-refractivity contribution in [1.29, 1.82) is 0 Å². The summed E-state index contributed by atoms with van der Waals surface area (Å²) in [6.07, 6.45) is 2.66. The summed E-state index contributed by atoms with van der Waals surface area (Å²) in [5.74, 6) is 0.892. The monoisotopic (exact) mass is 258 g/mol. The molecule has 1 amide bonds. The fourth-order valence-corrected chi connectivity index (χ4v) is 1.89. The van der Waals surface area contributed by atoms with Crippen molar-refractivity contribution in [2.45, 2.75) is 19.4 Å². The van der Waals surface area contributed by atoms with Crippen LogP contribution in [-0.2, 0) is 17.8 Å². The minimum atomic E-state index is 0.0607. The second-order valence-corrected chi connectivity index (χ2v) is 4.41. The van der Waals surface area contributed by atoms with Crippen LogP contribution >= 0.6 is 0 Å². The molecular formula is C15H18N2O2. The van der Waals surface area contributed by atoms with E-state index in [0.717, 1.165) is 17.0 Å². The van der Waals surface area contributed by atoms with Gasteiger partial charge >= 0.3 is 0 Å². The van der Waals surface area contributed by atoms with Gasteiger partial charge in [0.2, 0.25) is 5.91 Å². The number of hydrogen-bond acceptors (Lipinski definition) is 3. The van der Waals surface area contributed by atoms with Crippen molar-refractivity contribution < 1.29 is 9.21 Å². The Hall–Kier alpha value is -2.07. The Balaban J connectivity index is 1.97. The Bertz CT molecular complexity index is 535. The van der Waals surface area contributed by atoms with Gasteiger partial charge in [0.05, 0.1) is 6.26 Å². The highest BCUT2D eigenvalue weighted by Gasteiger charge is 2.11. The van der Waals surface area contributed by atoms with Crippen molar-refractivity contribution >= 4 is 11.6 Å². The smallest absolute Gasteiger partial charge is 0.227 e. The number of amides is 1. The van der Waals surface area contributed by atoms with Gasteiger partial charge in [-0.2, -0.15) is 0 Å². The largest absolute Gasteiger partial charge is 0.469 e. The van der Waals surface area contributed by atoms with Gasteiger partial charge in [-0.05, 0) is 29.8 Å². The number of anilines is 1. The van der Waals surface area contributed by atoms with E-state index >= 15 is 0 Å². The number of furan rings is 1. The van der Waals surface area contributed by atoms with Crippen LogP contribution in [0.1, 0.15) is 17.7 Å². The van der Waals surface area contributed by atoms with Crippen LogP contribution in [0.2, 0.25) is 0 Å². The second-order valence-electron chi connectivity index (χ2n) is 4.41. The van der Waals surface area contributed by atoms with Crippen molar-refractivity contribution in [1.82, 2.24) is 0 Å². The van der Waals surface area contributed by atoms with Gasteiger partial charge in [-0.3, -0.25) is 4.79 Å². The van der Waals surface area contributed by atoms with E-state index in [9.17, 15) is 4.79 Å². The standard InChI is InChI=1S/C15H18N2O2/c1-17(13-5-2-4-12(10-13)11-16)15(18)8-7-14-6-3-9-19-14/h2-6,9-10H,7-8,11,16H2,1H3. The number of hydrogen-bond donors (Lipinski definition) is 1. The lowest BCUT2D eigenvalue weighted by atomic mass is 10.1. The molecule has 2 N–H and O–H groups in total. The number of carbonyl (C=O) groups excluding carboxylic acids is 1. The molecule has 1 aromatic carbocycles. The van der Waals surface area contributed by atoms with E-state index in [4.69, 9.17) is 10.2 Å². The number of rotatable bonds is 5. The lowest BCUT2D eigenvalue weighted by molar-refractivity contribution is -0.118. The Labute approximate surface area is 112 Å². The van der Waals surface area contributed by atoms with Crippen molar-refractivity contribution in [2.75, 3.05) is 11.9 Å². The summed E-state index contributed by atoms with van der Waals surface area (Å²) in [5, 5.41) is 0. The maximum absolute atomic E-state index is 12.1. The van der Waals surface area contributed by atoms with Crippen LogP contribution in [0.25, 0.3) is 0 Å². The first-order valence-corrected chi connectivity index (χ1v) is 6.28. The van der Waals surface area contributed by atoms with Crippen LogP contribution < -0.4 is 10.6 Å². The predicted molar refractivity (Wildman–Crippen MR) is 74.8 cm³/mol. The van der Waals surface area contributed by atoms with Gasteiger partial charge in [0.25, 0.3) is 0 Å². The number of carbonyl (C=O) groups is 1. The SMILES string of the molecule is CN(C(=O)CCc1ccco1)c1cccc(CN)c1. The fraction of sp³-hybridized carbons (Fsp3) is 0.267. The van der Waals surface area contributed by atoms with Crippen molar-refractivity contribution in [2.24, 2.45) is 5.73 Å². The molecule has 0 atom stereocenters. The minimum Gasteiger partial charge on any atom is -0.469 e. The Kier molecular flexibility index (Phi) is 4.36. The van der Waals surface area contributed by atoms with Crippen LogP contribution in [0.3, 0.4) is 0 Å². The number of benzene rings is 1. The first-order valence-electron chi connectivity index (χ1n) is 6.28. The molecule has 0 aliphatic heterocycles. The van der Waals surface area contributed by atoms with Crippen LogP contribution in [0.15, 0.2) is 47.1 Å². The third-order valence-electron chi connectivity index (χ3n) is 3.07. The molecule has 4 heteroatoms. The van der Waals surface area contributed by atoms with E-state index in [1.165, 1.54) is 0 Å². The Morgan fingerprint density at radius 1 is 1.32 bits per heavy atom. The van der Waals surface area contributed by atoms with E-state index in [1.54, 1.807) is 18.2 Å². The normalized spacial score (nSPS) is 10.4. The summed E-state index contributed by atoms with van der Waals surface area (Å²) in [5.41, 5.74) is 7.49.